The van der Waals surface area contributed by atoms with E-state index in [-0.39, 0.29) is 0 Å². The molecule has 0 amide bonds. The van der Waals surface area contributed by atoms with Crippen molar-refractivity contribution >= 4 is 10.8 Å². The van der Waals surface area contributed by atoms with E-state index in [1.54, 1.807) is 0 Å². The zero-order valence-corrected chi connectivity index (χ0v) is 13.1. The van der Waals surface area contributed by atoms with Crippen molar-refractivity contribution in [2.24, 2.45) is 0 Å². The number of rotatable bonds is 9. The molecule has 1 heterocycles. The molecular weight excluding hydrogens is 260 g/mol. The molecule has 0 aliphatic heterocycles. The molecule has 0 aliphatic carbocycles. The van der Waals surface area contributed by atoms with Gasteiger partial charge in [0, 0.05) is 37.0 Å². The smallest absolute Gasteiger partial charge is 0.0484 e. The first-order valence-electron chi connectivity index (χ1n) is 8.00. The van der Waals surface area contributed by atoms with Gasteiger partial charge in [-0.1, -0.05) is 32.0 Å². The second-order valence-electron chi connectivity index (χ2n) is 5.35. The summed E-state index contributed by atoms with van der Waals surface area (Å²) < 4.78 is 5.67. The molecule has 1 unspecified atom stereocenters. The highest BCUT2D eigenvalue weighted by molar-refractivity contribution is 5.85. The topological polar surface area (TPSA) is 34.1 Å². The molecule has 0 bridgehead atoms. The fourth-order valence-corrected chi connectivity index (χ4v) is 2.57. The molecule has 0 aliphatic rings. The number of nitrogens with zero attached hydrogens (tertiary/aromatic N) is 1. The normalized spacial score (nSPS) is 12.7. The van der Waals surface area contributed by atoms with E-state index in [9.17, 15) is 0 Å². The van der Waals surface area contributed by atoms with E-state index in [0.717, 1.165) is 39.0 Å². The molecule has 0 fully saturated rings. The molecule has 0 saturated heterocycles. The van der Waals surface area contributed by atoms with Gasteiger partial charge in [-0.25, -0.2) is 0 Å². The van der Waals surface area contributed by atoms with Crippen molar-refractivity contribution in [3.05, 3.63) is 42.2 Å². The van der Waals surface area contributed by atoms with Gasteiger partial charge in [-0.15, -0.1) is 0 Å². The van der Waals surface area contributed by atoms with Crippen LogP contribution in [0.15, 0.2) is 36.7 Å². The maximum absolute atomic E-state index is 5.67. The van der Waals surface area contributed by atoms with Crippen LogP contribution < -0.4 is 5.32 Å². The number of nitrogens with one attached hydrogen (secondary N) is 1. The predicted octanol–water partition coefficient (Wildman–Crippen LogP) is 4.09. The maximum atomic E-state index is 5.67. The van der Waals surface area contributed by atoms with Gasteiger partial charge in [0.2, 0.25) is 0 Å². The minimum Gasteiger partial charge on any atom is -0.381 e. The van der Waals surface area contributed by atoms with Crippen LogP contribution in [0.1, 0.15) is 44.7 Å². The van der Waals surface area contributed by atoms with Crippen LogP contribution in [-0.4, -0.2) is 24.7 Å². The standard InChI is InChI=1S/C18H26N2O/c1-3-10-20-18(9-13-21-12-4-2)16-7-5-6-15-8-11-19-14-17(15)16/h5-8,11,14,18,20H,3-4,9-10,12-13H2,1-2H3. The summed E-state index contributed by atoms with van der Waals surface area (Å²) in [4.78, 5) is 4.29. The van der Waals surface area contributed by atoms with Gasteiger partial charge in [-0.3, -0.25) is 4.98 Å². The Bertz CT molecular complexity index is 536. The fraction of sp³-hybridized carbons (Fsp3) is 0.500. The van der Waals surface area contributed by atoms with Crippen molar-refractivity contribution in [3.63, 3.8) is 0 Å². The van der Waals surface area contributed by atoms with Crippen LogP contribution in [0, 0.1) is 0 Å². The number of fused-ring (bicyclic) bond motifs is 1. The number of pyridine rings is 1. The Kier molecular flexibility index (Phi) is 6.64. The van der Waals surface area contributed by atoms with Crippen molar-refractivity contribution in [2.45, 2.75) is 39.2 Å². The lowest BCUT2D eigenvalue weighted by molar-refractivity contribution is 0.124. The van der Waals surface area contributed by atoms with Crippen LogP contribution in [-0.2, 0) is 4.74 Å². The summed E-state index contributed by atoms with van der Waals surface area (Å²) in [6.07, 6.45) is 7.03. The molecule has 1 aromatic heterocycles. The first-order chi connectivity index (χ1) is 10.4. The summed E-state index contributed by atoms with van der Waals surface area (Å²) in [6.45, 7) is 7.00. The highest BCUT2D eigenvalue weighted by Crippen LogP contribution is 2.25. The van der Waals surface area contributed by atoms with Crippen LogP contribution in [0.5, 0.6) is 0 Å². The van der Waals surface area contributed by atoms with Gasteiger partial charge in [0.1, 0.15) is 0 Å². The predicted molar refractivity (Wildman–Crippen MR) is 88.5 cm³/mol. The molecule has 114 valence electrons. The average Bonchev–Trinajstić information content (AvgIpc) is 2.54. The van der Waals surface area contributed by atoms with E-state index < -0.39 is 0 Å². The van der Waals surface area contributed by atoms with Gasteiger partial charge in [-0.2, -0.15) is 0 Å². The molecule has 0 spiro atoms. The third-order valence-corrected chi connectivity index (χ3v) is 3.63. The minimum absolute atomic E-state index is 0.328. The second kappa shape index (κ2) is 8.75. The zero-order valence-electron chi connectivity index (χ0n) is 13.1. The summed E-state index contributed by atoms with van der Waals surface area (Å²) >= 11 is 0. The lowest BCUT2D eigenvalue weighted by Crippen LogP contribution is -2.24. The van der Waals surface area contributed by atoms with Crippen LogP contribution in [0.3, 0.4) is 0 Å². The number of hydrogen-bond donors (Lipinski definition) is 1. The summed E-state index contributed by atoms with van der Waals surface area (Å²) in [5.74, 6) is 0. The molecule has 1 N–H and O–H groups in total. The van der Waals surface area contributed by atoms with Crippen molar-refractivity contribution in [1.82, 2.24) is 10.3 Å². The Morgan fingerprint density at radius 3 is 2.86 bits per heavy atom. The largest absolute Gasteiger partial charge is 0.381 e. The van der Waals surface area contributed by atoms with Gasteiger partial charge in [-0.05, 0) is 42.8 Å². The van der Waals surface area contributed by atoms with E-state index in [1.807, 2.05) is 12.4 Å². The molecular formula is C18H26N2O. The first kappa shape index (κ1) is 15.9. The number of benzene rings is 1. The zero-order chi connectivity index (χ0) is 14.9. The van der Waals surface area contributed by atoms with E-state index in [4.69, 9.17) is 4.74 Å². The molecule has 21 heavy (non-hydrogen) atoms. The SMILES string of the molecule is CCCNC(CCOCCC)c1cccc2ccncc12. The first-order valence-corrected chi connectivity index (χ1v) is 8.00. The molecule has 2 aromatic rings. The van der Waals surface area contributed by atoms with Gasteiger partial charge in [0.25, 0.3) is 0 Å². The molecule has 1 aromatic carbocycles. The highest BCUT2D eigenvalue weighted by Gasteiger charge is 2.13. The number of hydrogen-bond acceptors (Lipinski definition) is 3. The maximum Gasteiger partial charge on any atom is 0.0484 e. The second-order valence-corrected chi connectivity index (χ2v) is 5.35. The third kappa shape index (κ3) is 4.51. The van der Waals surface area contributed by atoms with Crippen LogP contribution in [0.2, 0.25) is 0 Å². The van der Waals surface area contributed by atoms with Gasteiger partial charge in [0.15, 0.2) is 0 Å². The van der Waals surface area contributed by atoms with Crippen molar-refractivity contribution in [1.29, 1.82) is 0 Å². The average molecular weight is 286 g/mol. The molecule has 2 rings (SSSR count). The van der Waals surface area contributed by atoms with Crippen molar-refractivity contribution in [2.75, 3.05) is 19.8 Å². The molecule has 1 atom stereocenters. The van der Waals surface area contributed by atoms with Crippen molar-refractivity contribution in [3.8, 4) is 0 Å². The van der Waals surface area contributed by atoms with Crippen molar-refractivity contribution < 1.29 is 4.74 Å². The Morgan fingerprint density at radius 2 is 2.05 bits per heavy atom. The Balaban J connectivity index is 2.17. The van der Waals surface area contributed by atoms with Crippen LogP contribution in [0.25, 0.3) is 10.8 Å². The Morgan fingerprint density at radius 1 is 1.14 bits per heavy atom. The summed E-state index contributed by atoms with van der Waals surface area (Å²) in [6, 6.07) is 8.88. The van der Waals surface area contributed by atoms with Gasteiger partial charge < -0.3 is 10.1 Å². The van der Waals surface area contributed by atoms with Gasteiger partial charge in [0.05, 0.1) is 0 Å². The molecule has 0 saturated carbocycles. The lowest BCUT2D eigenvalue weighted by Gasteiger charge is -2.20. The molecule has 3 nitrogen and oxygen atoms in total. The fourth-order valence-electron chi connectivity index (χ4n) is 2.57. The van der Waals surface area contributed by atoms with E-state index in [0.29, 0.717) is 6.04 Å². The quantitative estimate of drug-likeness (QED) is 0.705. The van der Waals surface area contributed by atoms with E-state index >= 15 is 0 Å². The monoisotopic (exact) mass is 286 g/mol. The molecule has 3 heteroatoms. The summed E-state index contributed by atoms with van der Waals surface area (Å²) in [7, 11) is 0. The van der Waals surface area contributed by atoms with Crippen LogP contribution in [0.4, 0.5) is 0 Å². The van der Waals surface area contributed by atoms with E-state index in [1.165, 1.54) is 16.3 Å². The Labute approximate surface area is 127 Å². The number of ether oxygens (including phenoxy) is 1. The minimum atomic E-state index is 0.328. The Hall–Kier alpha value is -1.45. The molecule has 0 radical (unpaired) electrons. The summed E-state index contributed by atoms with van der Waals surface area (Å²) in [5.41, 5.74) is 1.33. The lowest BCUT2D eigenvalue weighted by atomic mass is 9.98. The van der Waals surface area contributed by atoms with Gasteiger partial charge >= 0.3 is 0 Å². The summed E-state index contributed by atoms with van der Waals surface area (Å²) in [5, 5.41) is 6.14. The van der Waals surface area contributed by atoms with E-state index in [2.05, 4.69) is 48.4 Å². The highest BCUT2D eigenvalue weighted by atomic mass is 16.5. The van der Waals surface area contributed by atoms with Crippen LogP contribution >= 0.6 is 0 Å². The third-order valence-electron chi connectivity index (χ3n) is 3.63. The number of aromatic nitrogens is 1.